The first-order valence-electron chi connectivity index (χ1n) is 37.1. The predicted molar refractivity (Wildman–Crippen MR) is 363 cm³/mol. The number of hydrogen-bond acceptors (Lipinski definition) is 15. The van der Waals surface area contributed by atoms with E-state index in [4.69, 9.17) is 37.0 Å². The van der Waals surface area contributed by atoms with Crippen molar-refractivity contribution in [2.45, 2.75) is 381 Å². The van der Waals surface area contributed by atoms with Gasteiger partial charge in [-0.15, -0.1) is 0 Å². The lowest BCUT2D eigenvalue weighted by Crippen LogP contribution is -2.30. The predicted octanol–water partition coefficient (Wildman–Crippen LogP) is 20.4. The van der Waals surface area contributed by atoms with Crippen LogP contribution in [-0.4, -0.2) is 96.7 Å². The van der Waals surface area contributed by atoms with Crippen LogP contribution in [0.1, 0.15) is 363 Å². The van der Waals surface area contributed by atoms with E-state index in [1.54, 1.807) is 0 Å². The van der Waals surface area contributed by atoms with E-state index in [9.17, 15) is 43.2 Å². The summed E-state index contributed by atoms with van der Waals surface area (Å²) in [5.74, 6) is -0.453. The van der Waals surface area contributed by atoms with Gasteiger partial charge in [-0.05, 0) is 37.5 Å². The van der Waals surface area contributed by atoms with Gasteiger partial charge in [-0.3, -0.25) is 37.3 Å². The van der Waals surface area contributed by atoms with Crippen molar-refractivity contribution in [1.82, 2.24) is 0 Å². The molecule has 0 fully saturated rings. The number of phosphoric ester groups is 2. The highest BCUT2D eigenvalue weighted by atomic mass is 31.2. The van der Waals surface area contributed by atoms with Crippen LogP contribution < -0.4 is 0 Å². The van der Waals surface area contributed by atoms with Gasteiger partial charge < -0.3 is 33.8 Å². The molecule has 0 aliphatic rings. The third-order valence-electron chi connectivity index (χ3n) is 17.2. The van der Waals surface area contributed by atoms with E-state index in [-0.39, 0.29) is 25.7 Å². The van der Waals surface area contributed by atoms with Crippen molar-refractivity contribution < 1.29 is 80.2 Å². The zero-order chi connectivity index (χ0) is 66.5. The summed E-state index contributed by atoms with van der Waals surface area (Å²) in [6.07, 6.45) is 48.9. The van der Waals surface area contributed by atoms with Gasteiger partial charge >= 0.3 is 39.5 Å². The van der Waals surface area contributed by atoms with Gasteiger partial charge in [0.25, 0.3) is 0 Å². The van der Waals surface area contributed by atoms with Gasteiger partial charge in [-0.25, -0.2) is 9.13 Å². The second-order valence-electron chi connectivity index (χ2n) is 26.1. The molecule has 0 aromatic rings. The minimum absolute atomic E-state index is 0.103. The summed E-state index contributed by atoms with van der Waals surface area (Å²) in [6.45, 7) is 9.56. The lowest BCUT2D eigenvalue weighted by Gasteiger charge is -2.21. The zero-order valence-corrected chi connectivity index (χ0v) is 60.2. The molecule has 534 valence electrons. The lowest BCUT2D eigenvalue weighted by atomic mass is 9.99. The summed E-state index contributed by atoms with van der Waals surface area (Å²) in [4.78, 5) is 72.2. The molecule has 0 spiro atoms. The number of esters is 4. The Kier molecular flexibility index (Phi) is 61.8. The second-order valence-corrected chi connectivity index (χ2v) is 29.0. The van der Waals surface area contributed by atoms with E-state index in [0.29, 0.717) is 25.7 Å². The molecule has 0 aliphatic carbocycles. The van der Waals surface area contributed by atoms with Gasteiger partial charge in [0.2, 0.25) is 0 Å². The summed E-state index contributed by atoms with van der Waals surface area (Å²) >= 11 is 0. The molecule has 19 heteroatoms. The number of aliphatic hydroxyl groups excluding tert-OH is 1. The molecule has 0 saturated heterocycles. The normalized spacial score (nSPS) is 14.7. The monoisotopic (exact) mass is 1320 g/mol. The molecular formula is C71H138O17P2. The summed E-state index contributed by atoms with van der Waals surface area (Å²) in [5.41, 5.74) is 0. The van der Waals surface area contributed by atoms with Crippen molar-refractivity contribution in [3.63, 3.8) is 0 Å². The highest BCUT2D eigenvalue weighted by molar-refractivity contribution is 7.47. The maximum Gasteiger partial charge on any atom is 0.472 e. The number of aliphatic hydroxyl groups is 1. The second kappa shape index (κ2) is 63.1. The average Bonchev–Trinajstić information content (AvgIpc) is 3.34. The van der Waals surface area contributed by atoms with E-state index in [0.717, 1.165) is 127 Å². The smallest absolute Gasteiger partial charge is 0.462 e. The molecule has 90 heavy (non-hydrogen) atoms. The van der Waals surface area contributed by atoms with Crippen LogP contribution in [0.3, 0.4) is 0 Å². The molecule has 7 atom stereocenters. The van der Waals surface area contributed by atoms with Crippen molar-refractivity contribution in [2.75, 3.05) is 39.6 Å². The molecule has 3 N–H and O–H groups in total. The van der Waals surface area contributed by atoms with Crippen LogP contribution in [0.4, 0.5) is 0 Å². The van der Waals surface area contributed by atoms with Crippen molar-refractivity contribution >= 4 is 39.5 Å². The Morgan fingerprint density at radius 3 is 0.789 bits per heavy atom. The molecule has 0 aromatic carbocycles. The summed E-state index contributed by atoms with van der Waals surface area (Å²) in [6, 6.07) is 0. The first kappa shape index (κ1) is 88.1. The van der Waals surface area contributed by atoms with Crippen molar-refractivity contribution in [3.05, 3.63) is 0 Å². The molecule has 0 saturated carbocycles. The van der Waals surface area contributed by atoms with Gasteiger partial charge in [-0.2, -0.15) is 0 Å². The number of carbonyl (C=O) groups excluding carboxylic acids is 4. The summed E-state index contributed by atoms with van der Waals surface area (Å²) in [7, 11) is -9.89. The van der Waals surface area contributed by atoms with Crippen molar-refractivity contribution in [3.8, 4) is 0 Å². The number of carbonyl (C=O) groups is 4. The van der Waals surface area contributed by atoms with E-state index in [1.165, 1.54) is 154 Å². The van der Waals surface area contributed by atoms with Gasteiger partial charge in [0, 0.05) is 25.7 Å². The van der Waals surface area contributed by atoms with Gasteiger partial charge in [0.05, 0.1) is 26.4 Å². The molecule has 0 radical (unpaired) electrons. The van der Waals surface area contributed by atoms with E-state index >= 15 is 0 Å². The Hall–Kier alpha value is -1.94. The number of phosphoric acid groups is 2. The third kappa shape index (κ3) is 62.2. The van der Waals surface area contributed by atoms with Gasteiger partial charge in [-0.1, -0.05) is 311 Å². The van der Waals surface area contributed by atoms with Gasteiger partial charge in [0.15, 0.2) is 12.2 Å². The Labute approximate surface area is 549 Å². The largest absolute Gasteiger partial charge is 0.472 e. The Balaban J connectivity index is 5.11. The fourth-order valence-electron chi connectivity index (χ4n) is 10.7. The van der Waals surface area contributed by atoms with Crippen LogP contribution in [-0.2, 0) is 65.4 Å². The number of hydrogen-bond donors (Lipinski definition) is 3. The highest BCUT2D eigenvalue weighted by Gasteiger charge is 2.30. The van der Waals surface area contributed by atoms with E-state index < -0.39 is 97.5 Å². The Bertz CT molecular complexity index is 1760. The maximum atomic E-state index is 13.0. The minimum atomic E-state index is -4.95. The molecule has 0 rings (SSSR count). The van der Waals surface area contributed by atoms with E-state index in [2.05, 4.69) is 41.5 Å². The number of unbranched alkanes of at least 4 members (excludes halogenated alkanes) is 38. The Morgan fingerprint density at radius 1 is 0.311 bits per heavy atom. The molecule has 0 bridgehead atoms. The summed E-state index contributed by atoms with van der Waals surface area (Å²) in [5, 5.41) is 10.5. The van der Waals surface area contributed by atoms with Crippen molar-refractivity contribution in [1.29, 1.82) is 0 Å². The molecular weight excluding hydrogens is 1190 g/mol. The first-order chi connectivity index (χ1) is 43.4. The fraction of sp³-hybridized carbons (Fsp3) is 0.944. The zero-order valence-electron chi connectivity index (χ0n) is 58.4. The van der Waals surface area contributed by atoms with Crippen LogP contribution >= 0.6 is 15.6 Å². The maximum absolute atomic E-state index is 13.0. The fourth-order valence-corrected chi connectivity index (χ4v) is 12.3. The number of rotatable bonds is 70. The molecule has 0 aliphatic heterocycles. The topological polar surface area (TPSA) is 237 Å². The quantitative estimate of drug-likeness (QED) is 0.0222. The van der Waals surface area contributed by atoms with Crippen LogP contribution in [0, 0.1) is 11.8 Å². The van der Waals surface area contributed by atoms with Crippen LogP contribution in [0.15, 0.2) is 0 Å². The molecule has 17 nitrogen and oxygen atoms in total. The SMILES string of the molecule is CCCCCCCCCC(=O)OC[C@H](COP(=O)(O)OC[C@H](O)COP(=O)(O)OC[C@@H](COC(=O)CCCCCCCCCCCCC(C)CC)OC(=O)CCCCCCCCCCCCCCCCCCCCC(C)CC)OC(=O)CCCCCCCCC. The van der Waals surface area contributed by atoms with Gasteiger partial charge in [0.1, 0.15) is 19.3 Å². The number of ether oxygens (including phenoxy) is 4. The molecule has 0 heterocycles. The van der Waals surface area contributed by atoms with Crippen LogP contribution in [0.2, 0.25) is 0 Å². The highest BCUT2D eigenvalue weighted by Crippen LogP contribution is 2.45. The minimum Gasteiger partial charge on any atom is -0.462 e. The Morgan fingerprint density at radius 2 is 0.533 bits per heavy atom. The standard InChI is InChI=1S/C71H138O17P2/c1-7-11-13-15-33-41-47-53-68(73)81-59-66(87-70(75)55-49-43-34-16-14-12-8-2)61-85-89(77,78)83-57-65(72)58-84-90(79,80)86-62-67(60-82-69(74)54-48-42-37-31-28-27-30-36-40-46-52-64(6)10-4)88-71(76)56-50-44-38-32-26-24-22-20-18-17-19-21-23-25-29-35-39-45-51-63(5)9-3/h63-67,72H,7-62H2,1-6H3,(H,77,78)(H,79,80)/t63?,64?,65-,66+,67+/m0/s1. The van der Waals surface area contributed by atoms with Crippen LogP contribution in [0.25, 0.3) is 0 Å². The first-order valence-corrected chi connectivity index (χ1v) is 40.1. The van der Waals surface area contributed by atoms with Crippen molar-refractivity contribution in [2.24, 2.45) is 11.8 Å². The lowest BCUT2D eigenvalue weighted by molar-refractivity contribution is -0.161. The molecule has 0 aromatic heterocycles. The third-order valence-corrected chi connectivity index (χ3v) is 19.1. The van der Waals surface area contributed by atoms with Crippen LogP contribution in [0.5, 0.6) is 0 Å². The molecule has 0 amide bonds. The molecule has 4 unspecified atom stereocenters. The summed E-state index contributed by atoms with van der Waals surface area (Å²) < 4.78 is 68.0. The average molecular weight is 1330 g/mol. The van der Waals surface area contributed by atoms with E-state index in [1.807, 2.05) is 0 Å².